The third-order valence-electron chi connectivity index (χ3n) is 2.89. The van der Waals surface area contributed by atoms with Crippen LogP contribution in [0, 0.1) is 5.92 Å². The molecule has 2 N–H and O–H groups in total. The molecule has 1 aliphatic rings. The molecule has 0 aromatic carbocycles. The first kappa shape index (κ1) is 13.9. The number of likely N-dealkylation sites (N-methyl/N-ethyl adjacent to an activating group) is 1. The molecule has 6 nitrogen and oxygen atoms in total. The number of hydrogen-bond acceptors (Lipinski definition) is 4. The highest BCUT2D eigenvalue weighted by Crippen LogP contribution is 2.02. The molecular weight excluding hydrogens is 222 g/mol. The normalized spacial score (nSPS) is 17.7. The molecule has 0 bridgehead atoms. The number of morpholine rings is 1. The minimum absolute atomic E-state index is 0.0339. The maximum atomic E-state index is 11.9. The van der Waals surface area contributed by atoms with Crippen LogP contribution in [0.4, 0.5) is 0 Å². The van der Waals surface area contributed by atoms with E-state index >= 15 is 0 Å². The SMILES string of the molecule is CC(CN)C(=O)N(C)CC(=O)N1CCOCC1. The minimum atomic E-state index is -0.238. The molecule has 0 aromatic heterocycles. The highest BCUT2D eigenvalue weighted by atomic mass is 16.5. The number of rotatable bonds is 4. The number of ether oxygens (including phenoxy) is 1. The summed E-state index contributed by atoms with van der Waals surface area (Å²) in [5.74, 6) is -0.361. The van der Waals surface area contributed by atoms with Gasteiger partial charge in [-0.15, -0.1) is 0 Å². The van der Waals surface area contributed by atoms with Crippen LogP contribution in [-0.4, -0.2) is 68.1 Å². The van der Waals surface area contributed by atoms with E-state index in [1.54, 1.807) is 18.9 Å². The van der Waals surface area contributed by atoms with Gasteiger partial charge in [0.15, 0.2) is 0 Å². The molecule has 1 heterocycles. The Bertz CT molecular complexity index is 277. The summed E-state index contributed by atoms with van der Waals surface area (Å²) in [5, 5.41) is 0. The summed E-state index contributed by atoms with van der Waals surface area (Å²) in [7, 11) is 1.63. The molecule has 2 amide bonds. The fraction of sp³-hybridized carbons (Fsp3) is 0.818. The maximum Gasteiger partial charge on any atom is 0.242 e. The smallest absolute Gasteiger partial charge is 0.242 e. The average Bonchev–Trinajstić information content (AvgIpc) is 2.37. The second-order valence-electron chi connectivity index (χ2n) is 4.32. The second kappa shape index (κ2) is 6.56. The summed E-state index contributed by atoms with van der Waals surface area (Å²) in [6, 6.07) is 0. The van der Waals surface area contributed by atoms with Gasteiger partial charge in [0.05, 0.1) is 19.8 Å². The highest BCUT2D eigenvalue weighted by molar-refractivity contribution is 5.85. The van der Waals surface area contributed by atoms with Crippen molar-refractivity contribution in [3.8, 4) is 0 Å². The monoisotopic (exact) mass is 243 g/mol. The van der Waals surface area contributed by atoms with Crippen molar-refractivity contribution in [1.82, 2.24) is 9.80 Å². The molecule has 6 heteroatoms. The molecule has 0 spiro atoms. The highest BCUT2D eigenvalue weighted by Gasteiger charge is 2.22. The van der Waals surface area contributed by atoms with Gasteiger partial charge in [-0.1, -0.05) is 6.92 Å². The lowest BCUT2D eigenvalue weighted by atomic mass is 10.1. The zero-order valence-corrected chi connectivity index (χ0v) is 10.5. The summed E-state index contributed by atoms with van der Waals surface area (Å²) < 4.78 is 5.17. The number of carbonyl (C=O) groups excluding carboxylic acids is 2. The lowest BCUT2D eigenvalue weighted by Gasteiger charge is -2.29. The lowest BCUT2D eigenvalue weighted by Crippen LogP contribution is -2.47. The van der Waals surface area contributed by atoms with Crippen molar-refractivity contribution >= 4 is 11.8 Å². The van der Waals surface area contributed by atoms with Gasteiger partial charge in [-0.2, -0.15) is 0 Å². The Morgan fingerprint density at radius 1 is 1.41 bits per heavy atom. The third kappa shape index (κ3) is 3.98. The Kier molecular flexibility index (Phi) is 5.37. The topological polar surface area (TPSA) is 75.9 Å². The first-order valence-corrected chi connectivity index (χ1v) is 5.86. The van der Waals surface area contributed by atoms with E-state index in [1.807, 2.05) is 0 Å². The van der Waals surface area contributed by atoms with Gasteiger partial charge in [-0.3, -0.25) is 9.59 Å². The molecule has 1 saturated heterocycles. The summed E-state index contributed by atoms with van der Waals surface area (Å²) >= 11 is 0. The van der Waals surface area contributed by atoms with Gasteiger partial charge in [0, 0.05) is 32.6 Å². The quantitative estimate of drug-likeness (QED) is 0.680. The van der Waals surface area contributed by atoms with E-state index in [1.165, 1.54) is 4.90 Å². The summed E-state index contributed by atoms with van der Waals surface area (Å²) in [6.45, 7) is 4.53. The number of nitrogens with zero attached hydrogens (tertiary/aromatic N) is 2. The summed E-state index contributed by atoms with van der Waals surface area (Å²) in [6.07, 6.45) is 0. The van der Waals surface area contributed by atoms with Crippen molar-refractivity contribution in [2.75, 3.05) is 46.4 Å². The number of carbonyl (C=O) groups is 2. The van der Waals surface area contributed by atoms with E-state index in [0.717, 1.165) is 0 Å². The van der Waals surface area contributed by atoms with Gasteiger partial charge in [0.2, 0.25) is 11.8 Å². The van der Waals surface area contributed by atoms with Crippen LogP contribution in [0.1, 0.15) is 6.92 Å². The predicted molar refractivity (Wildman–Crippen MR) is 63.3 cm³/mol. The Morgan fingerprint density at radius 3 is 2.53 bits per heavy atom. The van der Waals surface area contributed by atoms with Gasteiger partial charge in [0.1, 0.15) is 0 Å². The molecule has 98 valence electrons. The number of hydrogen-bond donors (Lipinski definition) is 1. The summed E-state index contributed by atoms with van der Waals surface area (Å²) in [4.78, 5) is 26.8. The molecule has 0 saturated carbocycles. The van der Waals surface area contributed by atoms with Gasteiger partial charge in [-0.25, -0.2) is 0 Å². The first-order valence-electron chi connectivity index (χ1n) is 5.86. The van der Waals surface area contributed by atoms with E-state index in [4.69, 9.17) is 10.5 Å². The molecule has 17 heavy (non-hydrogen) atoms. The number of amides is 2. The van der Waals surface area contributed by atoms with Gasteiger partial charge in [0.25, 0.3) is 0 Å². The van der Waals surface area contributed by atoms with Crippen LogP contribution in [0.2, 0.25) is 0 Å². The Labute approximate surface area is 102 Å². The molecule has 0 radical (unpaired) electrons. The van der Waals surface area contributed by atoms with E-state index < -0.39 is 0 Å². The van der Waals surface area contributed by atoms with Crippen LogP contribution < -0.4 is 5.73 Å². The molecule has 1 fully saturated rings. The second-order valence-corrected chi connectivity index (χ2v) is 4.32. The molecule has 1 aliphatic heterocycles. The molecule has 1 atom stereocenters. The van der Waals surface area contributed by atoms with E-state index in [9.17, 15) is 9.59 Å². The van der Waals surface area contributed by atoms with Crippen molar-refractivity contribution in [2.24, 2.45) is 11.7 Å². The Hall–Kier alpha value is -1.14. The molecule has 1 rings (SSSR count). The van der Waals surface area contributed by atoms with Crippen molar-refractivity contribution < 1.29 is 14.3 Å². The molecule has 1 unspecified atom stereocenters. The zero-order valence-electron chi connectivity index (χ0n) is 10.5. The van der Waals surface area contributed by atoms with Crippen molar-refractivity contribution in [1.29, 1.82) is 0 Å². The lowest BCUT2D eigenvalue weighted by molar-refractivity contribution is -0.143. The molecule has 0 aliphatic carbocycles. The molecular formula is C11H21N3O3. The van der Waals surface area contributed by atoms with Gasteiger partial charge in [-0.05, 0) is 0 Å². The zero-order chi connectivity index (χ0) is 12.8. The largest absolute Gasteiger partial charge is 0.378 e. The van der Waals surface area contributed by atoms with Crippen LogP contribution in [0.3, 0.4) is 0 Å². The van der Waals surface area contributed by atoms with Crippen LogP contribution in [-0.2, 0) is 14.3 Å². The molecule has 0 aromatic rings. The maximum absolute atomic E-state index is 11.9. The first-order chi connectivity index (χ1) is 8.06. The average molecular weight is 243 g/mol. The predicted octanol–water partition coefficient (Wildman–Crippen LogP) is -1.10. The van der Waals surface area contributed by atoms with Crippen molar-refractivity contribution in [3.05, 3.63) is 0 Å². The van der Waals surface area contributed by atoms with Crippen molar-refractivity contribution in [3.63, 3.8) is 0 Å². The minimum Gasteiger partial charge on any atom is -0.378 e. The number of nitrogens with two attached hydrogens (primary N) is 1. The fourth-order valence-electron chi connectivity index (χ4n) is 1.67. The Balaban J connectivity index is 2.41. The fourth-order valence-corrected chi connectivity index (χ4v) is 1.67. The van der Waals surface area contributed by atoms with Crippen LogP contribution in [0.25, 0.3) is 0 Å². The van der Waals surface area contributed by atoms with E-state index in [0.29, 0.717) is 32.8 Å². The standard InChI is InChI=1S/C11H21N3O3/c1-9(7-12)11(16)13(2)8-10(15)14-3-5-17-6-4-14/h9H,3-8,12H2,1-2H3. The van der Waals surface area contributed by atoms with E-state index in [-0.39, 0.29) is 24.3 Å². The van der Waals surface area contributed by atoms with Crippen molar-refractivity contribution in [2.45, 2.75) is 6.92 Å². The van der Waals surface area contributed by atoms with Crippen LogP contribution in [0.5, 0.6) is 0 Å². The van der Waals surface area contributed by atoms with E-state index in [2.05, 4.69) is 0 Å². The van der Waals surface area contributed by atoms with Crippen LogP contribution in [0.15, 0.2) is 0 Å². The third-order valence-corrected chi connectivity index (χ3v) is 2.89. The summed E-state index contributed by atoms with van der Waals surface area (Å²) in [5.41, 5.74) is 5.42. The van der Waals surface area contributed by atoms with Crippen LogP contribution >= 0.6 is 0 Å². The van der Waals surface area contributed by atoms with Gasteiger partial charge >= 0.3 is 0 Å². The van der Waals surface area contributed by atoms with Gasteiger partial charge < -0.3 is 20.3 Å². The Morgan fingerprint density at radius 2 is 2.00 bits per heavy atom.